The first-order valence-corrected chi connectivity index (χ1v) is 7.82. The highest BCUT2D eigenvalue weighted by molar-refractivity contribution is 7.09. The minimum Gasteiger partial charge on any atom is -0.312 e. The number of rotatable bonds is 5. The number of nitrogens with zero attached hydrogens (tertiary/aromatic N) is 1. The fraction of sp³-hybridized carbons (Fsp3) is 0.800. The van der Waals surface area contributed by atoms with E-state index in [1.807, 2.05) is 11.3 Å². The van der Waals surface area contributed by atoms with Crippen LogP contribution in [-0.2, 0) is 6.42 Å². The maximum Gasteiger partial charge on any atom is 0.0934 e. The van der Waals surface area contributed by atoms with Crippen molar-refractivity contribution in [3.63, 3.8) is 0 Å². The largest absolute Gasteiger partial charge is 0.312 e. The van der Waals surface area contributed by atoms with E-state index < -0.39 is 0 Å². The van der Waals surface area contributed by atoms with Gasteiger partial charge in [-0.05, 0) is 51.9 Å². The molecule has 1 atom stereocenters. The van der Waals surface area contributed by atoms with Gasteiger partial charge in [-0.25, -0.2) is 4.98 Å². The molecule has 1 saturated carbocycles. The maximum absolute atomic E-state index is 4.64. The summed E-state index contributed by atoms with van der Waals surface area (Å²) >= 11 is 1.82. The third kappa shape index (κ3) is 3.79. The van der Waals surface area contributed by atoms with Crippen molar-refractivity contribution >= 4 is 11.3 Å². The van der Waals surface area contributed by atoms with Gasteiger partial charge in [0, 0.05) is 29.6 Å². The lowest BCUT2D eigenvalue weighted by atomic mass is 9.81. The fourth-order valence-corrected chi connectivity index (χ4v) is 3.40. The summed E-state index contributed by atoms with van der Waals surface area (Å²) < 4.78 is 0. The van der Waals surface area contributed by atoms with E-state index in [9.17, 15) is 0 Å². The van der Waals surface area contributed by atoms with E-state index in [2.05, 4.69) is 50.3 Å². The summed E-state index contributed by atoms with van der Waals surface area (Å²) in [5.74, 6) is 0.886. The van der Waals surface area contributed by atoms with Crippen LogP contribution in [0, 0.1) is 18.3 Å². The Balaban J connectivity index is 2.02. The number of aromatic nitrogens is 1. The highest BCUT2D eigenvalue weighted by atomic mass is 32.1. The zero-order chi connectivity index (χ0) is 13.4. The third-order valence-electron chi connectivity index (χ3n) is 3.81. The molecule has 0 radical (unpaired) electrons. The standard InChI is InChI=1S/C15H26N2S/c1-11-9-18-13(17-11)8-15(5,12-6-7-12)10-16-14(2,3)4/h9,12,16H,6-8,10H2,1-5H3. The Labute approximate surface area is 115 Å². The van der Waals surface area contributed by atoms with E-state index in [0.29, 0.717) is 5.41 Å². The summed E-state index contributed by atoms with van der Waals surface area (Å²) in [6, 6.07) is 0. The van der Waals surface area contributed by atoms with Gasteiger partial charge in [-0.3, -0.25) is 0 Å². The van der Waals surface area contributed by atoms with E-state index in [-0.39, 0.29) is 5.54 Å². The second-order valence-corrected chi connectivity index (χ2v) is 8.03. The van der Waals surface area contributed by atoms with Gasteiger partial charge >= 0.3 is 0 Å². The van der Waals surface area contributed by atoms with E-state index in [0.717, 1.165) is 24.6 Å². The molecule has 3 heteroatoms. The number of hydrogen-bond acceptors (Lipinski definition) is 3. The van der Waals surface area contributed by atoms with Crippen molar-refractivity contribution in [2.75, 3.05) is 6.54 Å². The SMILES string of the molecule is Cc1csc(CC(C)(CNC(C)(C)C)C2CC2)n1. The smallest absolute Gasteiger partial charge is 0.0934 e. The lowest BCUT2D eigenvalue weighted by molar-refractivity contribution is 0.227. The van der Waals surface area contributed by atoms with Gasteiger partial charge in [0.15, 0.2) is 0 Å². The first-order chi connectivity index (χ1) is 8.28. The summed E-state index contributed by atoms with van der Waals surface area (Å²) in [5.41, 5.74) is 1.74. The first kappa shape index (κ1) is 14.0. The Kier molecular flexibility index (Phi) is 3.84. The van der Waals surface area contributed by atoms with Crippen LogP contribution < -0.4 is 5.32 Å². The van der Waals surface area contributed by atoms with Gasteiger partial charge in [0.1, 0.15) is 0 Å². The average molecular weight is 266 g/mol. The molecule has 1 fully saturated rings. The average Bonchev–Trinajstić information content (AvgIpc) is 3.01. The molecule has 0 spiro atoms. The Morgan fingerprint density at radius 1 is 1.33 bits per heavy atom. The molecule has 0 bridgehead atoms. The van der Waals surface area contributed by atoms with E-state index >= 15 is 0 Å². The van der Waals surface area contributed by atoms with Crippen LogP contribution in [-0.4, -0.2) is 17.1 Å². The predicted molar refractivity (Wildman–Crippen MR) is 79.1 cm³/mol. The molecule has 0 amide bonds. The summed E-state index contributed by atoms with van der Waals surface area (Å²) in [6.45, 7) is 12.3. The summed E-state index contributed by atoms with van der Waals surface area (Å²) in [6.07, 6.45) is 3.92. The zero-order valence-electron chi connectivity index (χ0n) is 12.3. The Hall–Kier alpha value is -0.410. The monoisotopic (exact) mass is 266 g/mol. The van der Waals surface area contributed by atoms with Crippen LogP contribution >= 0.6 is 11.3 Å². The summed E-state index contributed by atoms with van der Waals surface area (Å²) in [5, 5.41) is 7.16. The van der Waals surface area contributed by atoms with Gasteiger partial charge in [-0.2, -0.15) is 0 Å². The van der Waals surface area contributed by atoms with Gasteiger partial charge in [-0.15, -0.1) is 11.3 Å². The van der Waals surface area contributed by atoms with Crippen LogP contribution in [0.4, 0.5) is 0 Å². The number of aryl methyl sites for hydroxylation is 1. The van der Waals surface area contributed by atoms with Crippen LogP contribution in [0.5, 0.6) is 0 Å². The van der Waals surface area contributed by atoms with Crippen LogP contribution in [0.15, 0.2) is 5.38 Å². The van der Waals surface area contributed by atoms with Crippen molar-refractivity contribution in [3.05, 3.63) is 16.1 Å². The van der Waals surface area contributed by atoms with Crippen LogP contribution in [0.3, 0.4) is 0 Å². The van der Waals surface area contributed by atoms with Gasteiger partial charge < -0.3 is 5.32 Å². The lowest BCUT2D eigenvalue weighted by Gasteiger charge is -2.33. The van der Waals surface area contributed by atoms with E-state index in [1.54, 1.807) is 0 Å². The normalized spacial score (nSPS) is 19.8. The molecule has 2 nitrogen and oxygen atoms in total. The summed E-state index contributed by atoms with van der Waals surface area (Å²) in [4.78, 5) is 4.64. The third-order valence-corrected chi connectivity index (χ3v) is 4.77. The van der Waals surface area contributed by atoms with Crippen molar-refractivity contribution in [1.29, 1.82) is 0 Å². The molecule has 0 aromatic carbocycles. The quantitative estimate of drug-likeness (QED) is 0.877. The molecule has 0 saturated heterocycles. The molecular formula is C15H26N2S. The molecule has 2 rings (SSSR count). The number of thiazole rings is 1. The van der Waals surface area contributed by atoms with Gasteiger partial charge in [0.05, 0.1) is 5.01 Å². The molecular weight excluding hydrogens is 240 g/mol. The molecule has 1 aromatic rings. The van der Waals surface area contributed by atoms with E-state index in [4.69, 9.17) is 0 Å². The molecule has 1 unspecified atom stereocenters. The highest BCUT2D eigenvalue weighted by Crippen LogP contribution is 2.47. The molecule has 1 aromatic heterocycles. The second-order valence-electron chi connectivity index (χ2n) is 7.09. The lowest BCUT2D eigenvalue weighted by Crippen LogP contribution is -2.44. The van der Waals surface area contributed by atoms with Gasteiger partial charge in [0.25, 0.3) is 0 Å². The Bertz CT molecular complexity index is 401. The van der Waals surface area contributed by atoms with Crippen molar-refractivity contribution in [2.45, 2.75) is 59.4 Å². The minimum absolute atomic E-state index is 0.203. The van der Waals surface area contributed by atoms with Crippen molar-refractivity contribution < 1.29 is 0 Å². The minimum atomic E-state index is 0.203. The molecule has 18 heavy (non-hydrogen) atoms. The molecule has 0 aliphatic heterocycles. The number of nitrogens with one attached hydrogen (secondary N) is 1. The van der Waals surface area contributed by atoms with Gasteiger partial charge in [0.2, 0.25) is 0 Å². The fourth-order valence-electron chi connectivity index (χ4n) is 2.43. The second kappa shape index (κ2) is 4.93. The van der Waals surface area contributed by atoms with Crippen LogP contribution in [0.25, 0.3) is 0 Å². The molecule has 1 heterocycles. The summed E-state index contributed by atoms with van der Waals surface area (Å²) in [7, 11) is 0. The molecule has 102 valence electrons. The van der Waals surface area contributed by atoms with E-state index in [1.165, 1.54) is 17.8 Å². The molecule has 1 N–H and O–H groups in total. The van der Waals surface area contributed by atoms with Gasteiger partial charge in [-0.1, -0.05) is 6.92 Å². The topological polar surface area (TPSA) is 24.9 Å². The predicted octanol–water partition coefficient (Wildman–Crippen LogP) is 3.80. The Morgan fingerprint density at radius 3 is 2.44 bits per heavy atom. The van der Waals surface area contributed by atoms with Crippen LogP contribution in [0.2, 0.25) is 0 Å². The number of hydrogen-bond donors (Lipinski definition) is 1. The molecule has 1 aliphatic rings. The Morgan fingerprint density at radius 2 is 2.00 bits per heavy atom. The highest BCUT2D eigenvalue weighted by Gasteiger charge is 2.42. The van der Waals surface area contributed by atoms with Crippen molar-refractivity contribution in [1.82, 2.24) is 10.3 Å². The first-order valence-electron chi connectivity index (χ1n) is 6.95. The maximum atomic E-state index is 4.64. The zero-order valence-corrected chi connectivity index (χ0v) is 13.2. The van der Waals surface area contributed by atoms with Crippen molar-refractivity contribution in [2.24, 2.45) is 11.3 Å². The van der Waals surface area contributed by atoms with Crippen molar-refractivity contribution in [3.8, 4) is 0 Å². The van der Waals surface area contributed by atoms with Crippen LogP contribution in [0.1, 0.15) is 51.2 Å². The molecule has 1 aliphatic carbocycles.